The molecule has 0 spiro atoms. The monoisotopic (exact) mass is 428 g/mol. The van der Waals surface area contributed by atoms with Crippen LogP contribution in [0.25, 0.3) is 0 Å². The summed E-state index contributed by atoms with van der Waals surface area (Å²) in [6.07, 6.45) is 7.43. The summed E-state index contributed by atoms with van der Waals surface area (Å²) >= 11 is 0. The Kier molecular flexibility index (Phi) is 11.6. The molecule has 0 fully saturated rings. The lowest BCUT2D eigenvalue weighted by atomic mass is 9.73. The average Bonchev–Trinajstić information content (AvgIpc) is 2.64. The highest BCUT2D eigenvalue weighted by molar-refractivity contribution is 4.92. The van der Waals surface area contributed by atoms with E-state index in [4.69, 9.17) is 9.47 Å². The maximum Gasteiger partial charge on any atom is 0.0728 e. The molecule has 30 heavy (non-hydrogen) atoms. The minimum atomic E-state index is -0.361. The van der Waals surface area contributed by atoms with E-state index in [9.17, 15) is 5.11 Å². The molecule has 0 amide bonds. The van der Waals surface area contributed by atoms with Gasteiger partial charge in [0.05, 0.1) is 30.5 Å². The molecule has 0 radical (unpaired) electrons. The third-order valence-corrected chi connectivity index (χ3v) is 7.49. The Labute approximate surface area is 189 Å². The lowest BCUT2D eigenvalue weighted by Crippen LogP contribution is -2.49. The van der Waals surface area contributed by atoms with Crippen LogP contribution >= 0.6 is 0 Å². The minimum absolute atomic E-state index is 0.116. The zero-order valence-corrected chi connectivity index (χ0v) is 22.7. The van der Waals surface area contributed by atoms with E-state index < -0.39 is 0 Å². The van der Waals surface area contributed by atoms with Gasteiger partial charge in [-0.2, -0.15) is 0 Å². The number of hydrogen-bond donors (Lipinski definition) is 1. The molecule has 0 aromatic rings. The van der Waals surface area contributed by atoms with Crippen molar-refractivity contribution in [2.45, 2.75) is 145 Å². The Balaban J connectivity index is 5.23. The third kappa shape index (κ3) is 9.17. The van der Waals surface area contributed by atoms with E-state index in [1.54, 1.807) is 0 Å². The molecule has 0 heterocycles. The molecule has 0 aliphatic rings. The number of ether oxygens (including phenoxy) is 2. The highest BCUT2D eigenvalue weighted by Gasteiger charge is 2.43. The fourth-order valence-corrected chi connectivity index (χ4v) is 4.79. The molecule has 0 aromatic carbocycles. The van der Waals surface area contributed by atoms with Crippen LogP contribution in [0, 0.1) is 16.2 Å². The smallest absolute Gasteiger partial charge is 0.0728 e. The van der Waals surface area contributed by atoms with E-state index in [-0.39, 0.29) is 34.7 Å². The summed E-state index contributed by atoms with van der Waals surface area (Å²) in [4.78, 5) is 0. The van der Waals surface area contributed by atoms with E-state index in [2.05, 4.69) is 83.1 Å². The van der Waals surface area contributed by atoms with Gasteiger partial charge in [0.2, 0.25) is 0 Å². The second kappa shape index (κ2) is 11.7. The van der Waals surface area contributed by atoms with Crippen molar-refractivity contribution in [3.63, 3.8) is 0 Å². The molecule has 0 bridgehead atoms. The number of aliphatic hydroxyl groups is 1. The van der Waals surface area contributed by atoms with Gasteiger partial charge < -0.3 is 14.6 Å². The summed E-state index contributed by atoms with van der Waals surface area (Å²) in [5, 5.41) is 9.93. The first-order chi connectivity index (χ1) is 13.5. The molecule has 1 N–H and O–H groups in total. The van der Waals surface area contributed by atoms with Crippen LogP contribution in [0.15, 0.2) is 0 Å². The van der Waals surface area contributed by atoms with Crippen LogP contribution in [0.5, 0.6) is 0 Å². The molecule has 0 aliphatic carbocycles. The van der Waals surface area contributed by atoms with E-state index in [0.717, 1.165) is 32.3 Å². The van der Waals surface area contributed by atoms with Gasteiger partial charge in [-0.25, -0.2) is 0 Å². The van der Waals surface area contributed by atoms with Gasteiger partial charge in [-0.3, -0.25) is 0 Å². The normalized spacial score (nSPS) is 18.7. The summed E-state index contributed by atoms with van der Waals surface area (Å²) in [6, 6.07) is 0. The molecule has 0 saturated heterocycles. The second-order valence-electron chi connectivity index (χ2n) is 12.3. The summed E-state index contributed by atoms with van der Waals surface area (Å²) in [5.41, 5.74) is -0.358. The second-order valence-corrected chi connectivity index (χ2v) is 12.3. The highest BCUT2D eigenvalue weighted by Crippen LogP contribution is 2.41. The first-order valence-corrected chi connectivity index (χ1v) is 12.5. The molecular formula is C27H56O3. The predicted octanol–water partition coefficient (Wildman–Crippen LogP) is 7.79. The van der Waals surface area contributed by atoms with Crippen LogP contribution in [0.1, 0.15) is 128 Å². The van der Waals surface area contributed by atoms with Gasteiger partial charge >= 0.3 is 0 Å². The van der Waals surface area contributed by atoms with Crippen molar-refractivity contribution >= 4 is 0 Å². The number of hydrogen-bond acceptors (Lipinski definition) is 3. The van der Waals surface area contributed by atoms with Crippen molar-refractivity contribution in [3.8, 4) is 0 Å². The molecule has 0 aromatic heterocycles. The maximum absolute atomic E-state index is 9.93. The Morgan fingerprint density at radius 3 is 1.77 bits per heavy atom. The van der Waals surface area contributed by atoms with Crippen LogP contribution in [-0.2, 0) is 9.47 Å². The largest absolute Gasteiger partial charge is 0.396 e. The molecule has 3 heteroatoms. The maximum atomic E-state index is 9.93. The van der Waals surface area contributed by atoms with Gasteiger partial charge in [-0.1, -0.05) is 75.7 Å². The topological polar surface area (TPSA) is 38.7 Å². The lowest BCUT2D eigenvalue weighted by Gasteiger charge is -2.46. The third-order valence-electron chi connectivity index (χ3n) is 7.49. The van der Waals surface area contributed by atoms with Gasteiger partial charge in [0.15, 0.2) is 0 Å². The average molecular weight is 429 g/mol. The van der Waals surface area contributed by atoms with Crippen molar-refractivity contribution in [1.82, 2.24) is 0 Å². The molecule has 182 valence electrons. The van der Waals surface area contributed by atoms with E-state index in [1.165, 1.54) is 19.3 Å². The first-order valence-electron chi connectivity index (χ1n) is 12.5. The predicted molar refractivity (Wildman–Crippen MR) is 131 cm³/mol. The van der Waals surface area contributed by atoms with Gasteiger partial charge in [-0.05, 0) is 56.8 Å². The molecule has 3 unspecified atom stereocenters. The number of aliphatic hydroxyl groups excluding tert-OH is 1. The molecule has 0 rings (SSSR count). The van der Waals surface area contributed by atoms with Crippen LogP contribution in [-0.4, -0.2) is 35.6 Å². The first kappa shape index (κ1) is 29.9. The van der Waals surface area contributed by atoms with E-state index in [0.29, 0.717) is 5.41 Å². The lowest BCUT2D eigenvalue weighted by molar-refractivity contribution is -0.183. The summed E-state index contributed by atoms with van der Waals surface area (Å²) in [6.45, 7) is 27.8. The Bertz CT molecular complexity index is 482. The Morgan fingerprint density at radius 2 is 1.37 bits per heavy atom. The zero-order valence-electron chi connectivity index (χ0n) is 22.7. The van der Waals surface area contributed by atoms with Crippen LogP contribution < -0.4 is 0 Å². The Morgan fingerprint density at radius 1 is 0.800 bits per heavy atom. The fraction of sp³-hybridized carbons (Fsp3) is 1.00. The van der Waals surface area contributed by atoms with Crippen LogP contribution in [0.4, 0.5) is 0 Å². The van der Waals surface area contributed by atoms with Crippen molar-refractivity contribution in [2.75, 3.05) is 13.2 Å². The van der Waals surface area contributed by atoms with Gasteiger partial charge in [-0.15, -0.1) is 0 Å². The molecule has 3 nitrogen and oxygen atoms in total. The minimum Gasteiger partial charge on any atom is -0.396 e. The van der Waals surface area contributed by atoms with Crippen LogP contribution in [0.2, 0.25) is 0 Å². The van der Waals surface area contributed by atoms with Crippen molar-refractivity contribution in [3.05, 3.63) is 0 Å². The summed E-state index contributed by atoms with van der Waals surface area (Å²) < 4.78 is 13.3. The van der Waals surface area contributed by atoms with Gasteiger partial charge in [0, 0.05) is 11.8 Å². The van der Waals surface area contributed by atoms with Crippen molar-refractivity contribution in [2.24, 2.45) is 16.2 Å². The zero-order chi connectivity index (χ0) is 23.9. The van der Waals surface area contributed by atoms with Crippen LogP contribution in [0.3, 0.4) is 0 Å². The van der Waals surface area contributed by atoms with Crippen molar-refractivity contribution < 1.29 is 14.6 Å². The molecule has 0 saturated carbocycles. The van der Waals surface area contributed by atoms with Gasteiger partial charge in [0.1, 0.15) is 0 Å². The van der Waals surface area contributed by atoms with E-state index >= 15 is 0 Å². The summed E-state index contributed by atoms with van der Waals surface area (Å²) in [7, 11) is 0. The number of rotatable bonds is 16. The van der Waals surface area contributed by atoms with E-state index in [1.807, 2.05) is 0 Å². The SMILES string of the molecule is CCCC(C)(C)CC(C)(C)COC(C)(CC)CC(CC)OC(C)(CC)C(C)(C)CO. The summed E-state index contributed by atoms with van der Waals surface area (Å²) in [5.74, 6) is 0. The quantitative estimate of drug-likeness (QED) is 0.273. The van der Waals surface area contributed by atoms with Crippen molar-refractivity contribution in [1.29, 1.82) is 0 Å². The Hall–Kier alpha value is -0.120. The molecule has 3 atom stereocenters. The highest BCUT2D eigenvalue weighted by atomic mass is 16.5. The van der Waals surface area contributed by atoms with Gasteiger partial charge in [0.25, 0.3) is 0 Å². The molecule has 0 aliphatic heterocycles. The molecular weight excluding hydrogens is 372 g/mol. The standard InChI is InChI=1S/C27H56O3/c1-13-17-23(5,6)19-24(7,8)21-29-26(11,15-3)18-22(14-2)30-27(12,16-4)25(9,10)20-28/h22,28H,13-21H2,1-12H3. The fourth-order valence-electron chi connectivity index (χ4n) is 4.79.